The summed E-state index contributed by atoms with van der Waals surface area (Å²) in [4.78, 5) is 38.6. The summed E-state index contributed by atoms with van der Waals surface area (Å²) in [5, 5.41) is 13.6. The molecule has 1 amide bonds. The third kappa shape index (κ3) is 6.15. The highest BCUT2D eigenvalue weighted by Gasteiger charge is 2.17. The van der Waals surface area contributed by atoms with E-state index < -0.39 is 23.4 Å². The monoisotopic (exact) mass is 465 g/mol. The van der Waals surface area contributed by atoms with E-state index in [9.17, 15) is 19.7 Å². The maximum absolute atomic E-state index is 11.9. The number of rotatable bonds is 9. The molecule has 11 heteroatoms. The van der Waals surface area contributed by atoms with Crippen LogP contribution in [-0.4, -0.2) is 34.1 Å². The molecule has 0 aliphatic heterocycles. The van der Waals surface area contributed by atoms with Crippen molar-refractivity contribution in [3.8, 4) is 0 Å². The van der Waals surface area contributed by atoms with Crippen LogP contribution in [-0.2, 0) is 14.3 Å². The van der Waals surface area contributed by atoms with Crippen LogP contribution in [0.3, 0.4) is 0 Å². The quantitative estimate of drug-likeness (QED) is 0.157. The van der Waals surface area contributed by atoms with E-state index >= 15 is 0 Å². The van der Waals surface area contributed by atoms with E-state index in [1.54, 1.807) is 23.1 Å². The number of thioether (sulfide) groups is 1. The smallest absolute Gasteiger partial charge is 0.306 e. The van der Waals surface area contributed by atoms with Crippen LogP contribution in [0.2, 0.25) is 5.02 Å². The van der Waals surface area contributed by atoms with Crippen molar-refractivity contribution >= 4 is 68.2 Å². The van der Waals surface area contributed by atoms with Crippen LogP contribution in [0.5, 0.6) is 0 Å². The molecule has 0 radical (unpaired) electrons. The van der Waals surface area contributed by atoms with Gasteiger partial charge >= 0.3 is 5.97 Å². The average molecular weight is 466 g/mol. The van der Waals surface area contributed by atoms with Crippen LogP contribution in [0.4, 0.5) is 11.4 Å². The van der Waals surface area contributed by atoms with E-state index in [0.717, 1.165) is 20.6 Å². The van der Waals surface area contributed by atoms with Gasteiger partial charge in [-0.3, -0.25) is 19.7 Å². The zero-order valence-electron chi connectivity index (χ0n) is 15.5. The molecule has 3 rings (SSSR count). The fraction of sp³-hybridized carbons (Fsp3) is 0.211. The molecule has 0 saturated carbocycles. The lowest BCUT2D eigenvalue weighted by molar-refractivity contribution is -0.383. The molecule has 0 unspecified atom stereocenters. The van der Waals surface area contributed by atoms with Crippen molar-refractivity contribution in [3.05, 3.63) is 57.6 Å². The lowest BCUT2D eigenvalue weighted by atomic mass is 10.2. The third-order valence-corrected chi connectivity index (χ3v) is 6.32. The van der Waals surface area contributed by atoms with Crippen molar-refractivity contribution in [1.82, 2.24) is 4.98 Å². The van der Waals surface area contributed by atoms with Crippen LogP contribution < -0.4 is 5.32 Å². The largest absolute Gasteiger partial charge is 0.456 e. The van der Waals surface area contributed by atoms with Gasteiger partial charge in [-0.1, -0.05) is 35.5 Å². The summed E-state index contributed by atoms with van der Waals surface area (Å²) < 4.78 is 6.99. The molecule has 1 aromatic heterocycles. The maximum Gasteiger partial charge on any atom is 0.306 e. The molecule has 2 aromatic carbocycles. The Bertz CT molecular complexity index is 1060. The van der Waals surface area contributed by atoms with E-state index in [4.69, 9.17) is 16.3 Å². The number of nitrogens with one attached hydrogen (secondary N) is 1. The van der Waals surface area contributed by atoms with E-state index in [-0.39, 0.29) is 22.8 Å². The highest BCUT2D eigenvalue weighted by molar-refractivity contribution is 8.01. The Kier molecular flexibility index (Phi) is 7.61. The number of nitrogens with zero attached hydrogens (tertiary/aromatic N) is 2. The van der Waals surface area contributed by atoms with Crippen molar-refractivity contribution in [2.45, 2.75) is 17.2 Å². The number of anilines is 1. The predicted molar refractivity (Wildman–Crippen MR) is 117 cm³/mol. The van der Waals surface area contributed by atoms with Crippen molar-refractivity contribution < 1.29 is 19.2 Å². The number of aromatic nitrogens is 1. The molecule has 30 heavy (non-hydrogen) atoms. The summed E-state index contributed by atoms with van der Waals surface area (Å²) in [5.41, 5.74) is 0.600. The minimum atomic E-state index is -0.669. The average Bonchev–Trinajstić information content (AvgIpc) is 3.13. The van der Waals surface area contributed by atoms with Gasteiger partial charge in [-0.25, -0.2) is 4.98 Å². The van der Waals surface area contributed by atoms with Gasteiger partial charge in [0.15, 0.2) is 10.9 Å². The summed E-state index contributed by atoms with van der Waals surface area (Å²) in [6, 6.07) is 11.7. The fourth-order valence-corrected chi connectivity index (χ4v) is 4.70. The van der Waals surface area contributed by atoms with Crippen molar-refractivity contribution in [2.75, 3.05) is 17.7 Å². The number of benzene rings is 2. The number of para-hydroxylation sites is 1. The second-order valence-corrected chi connectivity index (χ2v) is 8.84. The lowest BCUT2D eigenvalue weighted by Crippen LogP contribution is -2.21. The van der Waals surface area contributed by atoms with Crippen molar-refractivity contribution in [3.63, 3.8) is 0 Å². The normalized spacial score (nSPS) is 10.7. The van der Waals surface area contributed by atoms with Crippen molar-refractivity contribution in [2.24, 2.45) is 0 Å². The Labute approximate surface area is 184 Å². The van der Waals surface area contributed by atoms with Gasteiger partial charge in [0.1, 0.15) is 5.69 Å². The van der Waals surface area contributed by atoms with Gasteiger partial charge in [0.05, 0.1) is 15.1 Å². The van der Waals surface area contributed by atoms with Crippen LogP contribution in [0.1, 0.15) is 12.8 Å². The Balaban J connectivity index is 1.38. The molecule has 1 N–H and O–H groups in total. The summed E-state index contributed by atoms with van der Waals surface area (Å²) in [6.07, 6.45) is 0.732. The summed E-state index contributed by atoms with van der Waals surface area (Å²) in [6.45, 7) is -0.524. The number of amides is 1. The molecule has 0 fully saturated rings. The molecule has 156 valence electrons. The number of carbonyl (C=O) groups excluding carboxylic acids is 2. The summed E-state index contributed by atoms with van der Waals surface area (Å²) >= 11 is 8.90. The minimum absolute atomic E-state index is 0.0160. The maximum atomic E-state index is 11.9. The summed E-state index contributed by atoms with van der Waals surface area (Å²) in [5.74, 6) is -0.490. The Morgan fingerprint density at radius 3 is 2.83 bits per heavy atom. The van der Waals surface area contributed by atoms with Gasteiger partial charge in [0.2, 0.25) is 0 Å². The molecule has 0 aliphatic carbocycles. The van der Waals surface area contributed by atoms with E-state index in [1.807, 2.05) is 24.3 Å². The number of thiazole rings is 1. The zero-order valence-corrected chi connectivity index (χ0v) is 17.9. The fourth-order valence-electron chi connectivity index (χ4n) is 2.45. The van der Waals surface area contributed by atoms with Crippen LogP contribution >= 0.6 is 34.7 Å². The van der Waals surface area contributed by atoms with E-state index in [1.165, 1.54) is 12.1 Å². The molecule has 8 nitrogen and oxygen atoms in total. The second kappa shape index (κ2) is 10.4. The lowest BCUT2D eigenvalue weighted by Gasteiger charge is -2.07. The number of hydrogen-bond donors (Lipinski definition) is 1. The SMILES string of the molecule is O=C(COC(=O)CCCSc1nc2ccccc2s1)Nc1ccc(Cl)cc1[N+](=O)[O-]. The molecule has 0 spiro atoms. The number of halogens is 1. The number of hydrogen-bond acceptors (Lipinski definition) is 8. The molecule has 0 aliphatic rings. The Morgan fingerprint density at radius 2 is 2.07 bits per heavy atom. The molecular formula is C19H16ClN3O5S2. The van der Waals surface area contributed by atoms with E-state index in [0.29, 0.717) is 12.2 Å². The van der Waals surface area contributed by atoms with Crippen LogP contribution in [0, 0.1) is 10.1 Å². The molecule has 0 atom stereocenters. The zero-order chi connectivity index (χ0) is 21.5. The second-order valence-electron chi connectivity index (χ2n) is 6.03. The number of ether oxygens (including phenoxy) is 1. The predicted octanol–water partition coefficient (Wildman–Crippen LogP) is 4.91. The van der Waals surface area contributed by atoms with Gasteiger partial charge in [-0.15, -0.1) is 11.3 Å². The van der Waals surface area contributed by atoms with Gasteiger partial charge in [-0.05, 0) is 30.7 Å². The van der Waals surface area contributed by atoms with Crippen molar-refractivity contribution in [1.29, 1.82) is 0 Å². The number of carbonyl (C=O) groups is 2. The molecule has 3 aromatic rings. The highest BCUT2D eigenvalue weighted by atomic mass is 35.5. The van der Waals surface area contributed by atoms with Gasteiger partial charge < -0.3 is 10.1 Å². The number of nitro groups is 1. The molecule has 0 bridgehead atoms. The third-order valence-electron chi connectivity index (χ3n) is 3.82. The minimum Gasteiger partial charge on any atom is -0.456 e. The standard InChI is InChI=1S/C19H16ClN3O5S2/c20-12-7-8-13(15(10-12)23(26)27)21-17(24)11-28-18(25)6-3-9-29-19-22-14-4-1-2-5-16(14)30-19/h1-2,4-5,7-8,10H,3,6,9,11H2,(H,21,24). The molecule has 0 saturated heterocycles. The van der Waals surface area contributed by atoms with Crippen LogP contribution in [0.15, 0.2) is 46.8 Å². The van der Waals surface area contributed by atoms with Gasteiger partial charge in [0.25, 0.3) is 11.6 Å². The summed E-state index contributed by atoms with van der Waals surface area (Å²) in [7, 11) is 0. The number of fused-ring (bicyclic) bond motifs is 1. The first kappa shape index (κ1) is 22.0. The number of esters is 1. The Hall–Kier alpha value is -2.69. The van der Waals surface area contributed by atoms with E-state index in [2.05, 4.69) is 10.3 Å². The topological polar surface area (TPSA) is 111 Å². The van der Waals surface area contributed by atoms with Crippen LogP contribution in [0.25, 0.3) is 10.2 Å². The molecule has 1 heterocycles. The first-order chi connectivity index (χ1) is 14.4. The first-order valence-corrected chi connectivity index (χ1v) is 11.0. The highest BCUT2D eigenvalue weighted by Crippen LogP contribution is 2.30. The Morgan fingerprint density at radius 1 is 1.27 bits per heavy atom. The first-order valence-electron chi connectivity index (χ1n) is 8.80. The van der Waals surface area contributed by atoms with Gasteiger partial charge in [-0.2, -0.15) is 0 Å². The molecular weight excluding hydrogens is 450 g/mol. The number of nitro benzene ring substituents is 1. The van der Waals surface area contributed by atoms with Gasteiger partial charge in [0, 0.05) is 23.3 Å².